The Bertz CT molecular complexity index is 1140. The largest absolute Gasteiger partial charge is 0.497 e. The van der Waals surface area contributed by atoms with Crippen LogP contribution in [0, 0.1) is 0 Å². The SMILES string of the molecule is COc1cccc(Sc2nc3c(N)ncnc3n2CC(=O)c2ccccc2)c1. The molecule has 0 saturated heterocycles. The van der Waals surface area contributed by atoms with Gasteiger partial charge in [-0.15, -0.1) is 0 Å². The van der Waals surface area contributed by atoms with Crippen LogP contribution < -0.4 is 10.5 Å². The van der Waals surface area contributed by atoms with E-state index < -0.39 is 0 Å². The minimum atomic E-state index is -0.0374. The van der Waals surface area contributed by atoms with Gasteiger partial charge in [-0.05, 0) is 18.2 Å². The van der Waals surface area contributed by atoms with Crippen molar-refractivity contribution in [3.8, 4) is 5.75 Å². The number of ketones is 1. The van der Waals surface area contributed by atoms with Crippen molar-refractivity contribution in [2.24, 2.45) is 0 Å². The molecule has 0 radical (unpaired) electrons. The van der Waals surface area contributed by atoms with E-state index in [4.69, 9.17) is 10.5 Å². The number of methoxy groups -OCH3 is 1. The Kier molecular flexibility index (Phi) is 4.94. The average Bonchev–Trinajstić information content (AvgIpc) is 3.07. The fourth-order valence-electron chi connectivity index (χ4n) is 2.78. The van der Waals surface area contributed by atoms with Crippen LogP contribution in [0.1, 0.15) is 10.4 Å². The molecule has 4 aromatic rings. The smallest absolute Gasteiger partial charge is 0.182 e. The van der Waals surface area contributed by atoms with Crippen molar-refractivity contribution < 1.29 is 9.53 Å². The molecule has 0 atom stereocenters. The monoisotopic (exact) mass is 391 g/mol. The van der Waals surface area contributed by atoms with E-state index in [9.17, 15) is 4.79 Å². The molecule has 0 amide bonds. The summed E-state index contributed by atoms with van der Waals surface area (Å²) in [6.07, 6.45) is 1.38. The summed E-state index contributed by atoms with van der Waals surface area (Å²) in [4.78, 5) is 26.6. The number of rotatable bonds is 6. The summed E-state index contributed by atoms with van der Waals surface area (Å²) in [5.41, 5.74) is 7.62. The lowest BCUT2D eigenvalue weighted by Crippen LogP contribution is -2.12. The number of hydrogen-bond donors (Lipinski definition) is 1. The number of ether oxygens (including phenoxy) is 1. The first-order valence-electron chi connectivity index (χ1n) is 8.52. The summed E-state index contributed by atoms with van der Waals surface area (Å²) in [5.74, 6) is 0.986. The van der Waals surface area contributed by atoms with E-state index in [1.54, 1.807) is 23.8 Å². The number of nitrogen functional groups attached to an aromatic ring is 1. The highest BCUT2D eigenvalue weighted by Crippen LogP contribution is 2.32. The van der Waals surface area contributed by atoms with Gasteiger partial charge in [-0.25, -0.2) is 15.0 Å². The minimum absolute atomic E-state index is 0.0374. The number of carbonyl (C=O) groups excluding carboxylic acids is 1. The molecule has 4 rings (SSSR count). The quantitative estimate of drug-likeness (QED) is 0.503. The van der Waals surface area contributed by atoms with Gasteiger partial charge >= 0.3 is 0 Å². The van der Waals surface area contributed by atoms with Crippen LogP contribution >= 0.6 is 11.8 Å². The Morgan fingerprint density at radius 3 is 2.75 bits per heavy atom. The number of fused-ring (bicyclic) bond motifs is 1. The molecular formula is C20H17N5O2S. The van der Waals surface area contributed by atoms with Gasteiger partial charge in [0.25, 0.3) is 0 Å². The molecule has 2 heterocycles. The molecule has 0 spiro atoms. The van der Waals surface area contributed by atoms with E-state index >= 15 is 0 Å². The van der Waals surface area contributed by atoms with Gasteiger partial charge in [-0.1, -0.05) is 48.2 Å². The highest BCUT2D eigenvalue weighted by molar-refractivity contribution is 7.99. The Morgan fingerprint density at radius 2 is 1.96 bits per heavy atom. The van der Waals surface area contributed by atoms with Crippen molar-refractivity contribution in [1.29, 1.82) is 0 Å². The summed E-state index contributed by atoms with van der Waals surface area (Å²) >= 11 is 1.41. The van der Waals surface area contributed by atoms with Gasteiger partial charge in [0.2, 0.25) is 0 Å². The standard InChI is InChI=1S/C20H17N5O2S/c1-27-14-8-5-9-15(10-14)28-20-24-17-18(21)22-12-23-19(17)25(20)11-16(26)13-6-3-2-4-7-13/h2-10,12H,11H2,1H3,(H2,21,22,23). The van der Waals surface area contributed by atoms with Gasteiger partial charge in [0, 0.05) is 10.5 Å². The number of nitrogens with two attached hydrogens (primary N) is 1. The summed E-state index contributed by atoms with van der Waals surface area (Å²) in [7, 11) is 1.62. The molecule has 0 aliphatic rings. The third-order valence-corrected chi connectivity index (χ3v) is 5.16. The molecule has 0 fully saturated rings. The highest BCUT2D eigenvalue weighted by Gasteiger charge is 2.19. The highest BCUT2D eigenvalue weighted by atomic mass is 32.2. The number of anilines is 1. The Balaban J connectivity index is 1.76. The molecule has 140 valence electrons. The van der Waals surface area contributed by atoms with Crippen molar-refractivity contribution in [3.05, 3.63) is 66.5 Å². The predicted octanol–water partition coefficient (Wildman–Crippen LogP) is 3.45. The van der Waals surface area contributed by atoms with Gasteiger partial charge in [-0.2, -0.15) is 0 Å². The second-order valence-electron chi connectivity index (χ2n) is 5.98. The average molecular weight is 391 g/mol. The van der Waals surface area contributed by atoms with Crippen LogP contribution in [0.15, 0.2) is 71.0 Å². The topological polar surface area (TPSA) is 95.9 Å². The molecule has 2 N–H and O–H groups in total. The first-order chi connectivity index (χ1) is 13.7. The van der Waals surface area contributed by atoms with E-state index in [-0.39, 0.29) is 18.1 Å². The molecule has 0 unspecified atom stereocenters. The summed E-state index contributed by atoms with van der Waals surface area (Å²) in [5, 5.41) is 0.611. The van der Waals surface area contributed by atoms with Gasteiger partial charge in [0.1, 0.15) is 12.1 Å². The molecule has 8 heteroatoms. The Hall–Kier alpha value is -3.39. The van der Waals surface area contributed by atoms with Crippen molar-refractivity contribution in [1.82, 2.24) is 19.5 Å². The van der Waals surface area contributed by atoms with Gasteiger partial charge in [-0.3, -0.25) is 9.36 Å². The molecule has 0 saturated carbocycles. The van der Waals surface area contributed by atoms with E-state index in [1.165, 1.54) is 18.1 Å². The van der Waals surface area contributed by atoms with Crippen molar-refractivity contribution in [2.45, 2.75) is 16.6 Å². The van der Waals surface area contributed by atoms with Gasteiger partial charge in [0.05, 0.1) is 13.7 Å². The molecule has 2 aromatic heterocycles. The second-order valence-corrected chi connectivity index (χ2v) is 7.02. The van der Waals surface area contributed by atoms with Crippen LogP contribution in [-0.2, 0) is 6.54 Å². The fourth-order valence-corrected chi connectivity index (χ4v) is 3.71. The first-order valence-corrected chi connectivity index (χ1v) is 9.34. The Labute approximate surface area is 165 Å². The van der Waals surface area contributed by atoms with Crippen LogP contribution in [-0.4, -0.2) is 32.4 Å². The number of hydrogen-bond acceptors (Lipinski definition) is 7. The number of aromatic nitrogens is 4. The summed E-state index contributed by atoms with van der Waals surface area (Å²) in [6, 6.07) is 16.8. The number of imidazole rings is 1. The van der Waals surface area contributed by atoms with Crippen molar-refractivity contribution >= 4 is 34.5 Å². The Morgan fingerprint density at radius 1 is 1.14 bits per heavy atom. The van der Waals surface area contributed by atoms with Gasteiger partial charge < -0.3 is 10.5 Å². The van der Waals surface area contributed by atoms with E-state index in [1.807, 2.05) is 42.5 Å². The molecule has 0 bridgehead atoms. The van der Waals surface area contributed by atoms with E-state index in [2.05, 4.69) is 15.0 Å². The maximum atomic E-state index is 12.8. The summed E-state index contributed by atoms with van der Waals surface area (Å²) in [6.45, 7) is 0.100. The van der Waals surface area contributed by atoms with Crippen LogP contribution in [0.4, 0.5) is 5.82 Å². The van der Waals surface area contributed by atoms with E-state index in [0.717, 1.165) is 10.6 Å². The van der Waals surface area contributed by atoms with Crippen LogP contribution in [0.25, 0.3) is 11.2 Å². The normalized spacial score (nSPS) is 10.9. The van der Waals surface area contributed by atoms with Crippen molar-refractivity contribution in [3.63, 3.8) is 0 Å². The summed E-state index contributed by atoms with van der Waals surface area (Å²) < 4.78 is 7.06. The zero-order valence-corrected chi connectivity index (χ0v) is 15.9. The number of benzene rings is 2. The zero-order chi connectivity index (χ0) is 19.5. The minimum Gasteiger partial charge on any atom is -0.497 e. The molecule has 0 aliphatic heterocycles. The van der Waals surface area contributed by atoms with Crippen LogP contribution in [0.2, 0.25) is 0 Å². The lowest BCUT2D eigenvalue weighted by molar-refractivity contribution is 0.0970. The zero-order valence-electron chi connectivity index (χ0n) is 15.1. The lowest BCUT2D eigenvalue weighted by atomic mass is 10.1. The lowest BCUT2D eigenvalue weighted by Gasteiger charge is -2.08. The molecule has 0 aliphatic carbocycles. The molecular weight excluding hydrogens is 374 g/mol. The van der Waals surface area contributed by atoms with Crippen LogP contribution in [0.3, 0.4) is 0 Å². The molecule has 28 heavy (non-hydrogen) atoms. The third kappa shape index (κ3) is 3.54. The third-order valence-electron chi connectivity index (χ3n) is 4.17. The maximum absolute atomic E-state index is 12.8. The number of carbonyl (C=O) groups is 1. The molecule has 2 aromatic carbocycles. The fraction of sp³-hybridized carbons (Fsp3) is 0.100. The second kappa shape index (κ2) is 7.69. The first kappa shape index (κ1) is 18.0. The number of Topliss-reactive ketones (excluding diaryl/α,β-unsaturated/α-hetero) is 1. The van der Waals surface area contributed by atoms with Crippen LogP contribution in [0.5, 0.6) is 5.75 Å². The maximum Gasteiger partial charge on any atom is 0.182 e. The van der Waals surface area contributed by atoms with Crippen molar-refractivity contribution in [2.75, 3.05) is 12.8 Å². The predicted molar refractivity (Wildman–Crippen MR) is 108 cm³/mol. The number of nitrogens with zero attached hydrogens (tertiary/aromatic N) is 4. The van der Waals surface area contributed by atoms with E-state index in [0.29, 0.717) is 21.9 Å². The van der Waals surface area contributed by atoms with Gasteiger partial charge in [0.15, 0.2) is 27.9 Å². The molecule has 7 nitrogen and oxygen atoms in total.